The van der Waals surface area contributed by atoms with Crippen molar-refractivity contribution in [1.29, 1.82) is 0 Å². The molecule has 3 aromatic rings. The number of rotatable bonds is 3. The van der Waals surface area contributed by atoms with Crippen LogP contribution in [0.4, 0.5) is 0 Å². The van der Waals surface area contributed by atoms with E-state index in [0.717, 1.165) is 40.0 Å². The first kappa shape index (κ1) is 15.0. The first-order valence-electron chi connectivity index (χ1n) is 8.06. The Balaban J connectivity index is 1.46. The molecule has 25 heavy (non-hydrogen) atoms. The number of fused-ring (bicyclic) bond motifs is 2. The quantitative estimate of drug-likeness (QED) is 0.725. The van der Waals surface area contributed by atoms with E-state index in [1.165, 1.54) is 11.3 Å². The summed E-state index contributed by atoms with van der Waals surface area (Å²) in [6.45, 7) is 0.246. The zero-order valence-electron chi connectivity index (χ0n) is 13.2. The molecule has 0 atom stereocenters. The molecule has 0 unspecified atom stereocenters. The van der Waals surface area contributed by atoms with Crippen LogP contribution in [0.15, 0.2) is 42.5 Å². The van der Waals surface area contributed by atoms with Crippen molar-refractivity contribution >= 4 is 38.9 Å². The Morgan fingerprint density at radius 3 is 2.72 bits per heavy atom. The van der Waals surface area contributed by atoms with Gasteiger partial charge in [0, 0.05) is 10.1 Å². The van der Waals surface area contributed by atoms with Gasteiger partial charge in [0.1, 0.15) is 4.88 Å². The third kappa shape index (κ3) is 2.38. The number of hydrogen-bond acceptors (Lipinski definition) is 4. The molecule has 2 aromatic carbocycles. The first-order chi connectivity index (χ1) is 12.2. The van der Waals surface area contributed by atoms with Crippen molar-refractivity contribution in [3.63, 3.8) is 0 Å². The summed E-state index contributed by atoms with van der Waals surface area (Å²) in [5.74, 6) is 1.36. The van der Waals surface area contributed by atoms with E-state index >= 15 is 0 Å². The normalized spacial score (nSPS) is 16.8. The molecule has 1 aliphatic carbocycles. The number of amides is 1. The maximum absolute atomic E-state index is 12.9. The number of thiophene rings is 1. The van der Waals surface area contributed by atoms with Crippen LogP contribution in [0.5, 0.6) is 11.5 Å². The van der Waals surface area contributed by atoms with E-state index in [1.807, 2.05) is 42.5 Å². The maximum atomic E-state index is 12.9. The van der Waals surface area contributed by atoms with Gasteiger partial charge in [-0.15, -0.1) is 11.3 Å². The average molecular weight is 372 g/mol. The lowest BCUT2D eigenvalue weighted by atomic mass is 10.0. The van der Waals surface area contributed by atoms with Crippen molar-refractivity contribution < 1.29 is 14.3 Å². The Kier molecular flexibility index (Phi) is 3.24. The number of carbonyl (C=O) groups excluding carboxylic acids is 1. The number of nitrogens with one attached hydrogen (secondary N) is 1. The minimum atomic E-state index is -0.336. The molecular formula is C19H14ClNO3S. The van der Waals surface area contributed by atoms with Crippen LogP contribution in [0.25, 0.3) is 10.1 Å². The monoisotopic (exact) mass is 371 g/mol. The molecule has 1 aliphatic heterocycles. The van der Waals surface area contributed by atoms with Gasteiger partial charge in [0.2, 0.25) is 6.79 Å². The Bertz CT molecular complexity index is 1010. The third-order valence-electron chi connectivity index (χ3n) is 4.77. The van der Waals surface area contributed by atoms with E-state index in [4.69, 9.17) is 21.1 Å². The van der Waals surface area contributed by atoms with Gasteiger partial charge in [0.05, 0.1) is 10.6 Å². The number of ether oxygens (including phenoxy) is 2. The standard InChI is InChI=1S/C19H14ClNO3S/c20-16-12-3-1-2-4-15(12)25-17(16)18(22)21-19(7-8-19)11-5-6-13-14(9-11)24-10-23-13/h1-6,9H,7-8,10H2,(H,21,22). The largest absolute Gasteiger partial charge is 0.454 e. The highest BCUT2D eigenvalue weighted by molar-refractivity contribution is 7.21. The molecule has 1 amide bonds. The molecule has 0 saturated heterocycles. The molecule has 1 aromatic heterocycles. The molecule has 0 radical (unpaired) electrons. The van der Waals surface area contributed by atoms with Crippen molar-refractivity contribution in [3.05, 3.63) is 57.9 Å². The molecule has 0 spiro atoms. The minimum absolute atomic E-state index is 0.124. The second-order valence-electron chi connectivity index (χ2n) is 6.35. The summed E-state index contributed by atoms with van der Waals surface area (Å²) >= 11 is 7.86. The molecule has 0 bridgehead atoms. The number of carbonyl (C=O) groups is 1. The van der Waals surface area contributed by atoms with Crippen molar-refractivity contribution in [2.45, 2.75) is 18.4 Å². The summed E-state index contributed by atoms with van der Waals surface area (Å²) in [6, 6.07) is 13.7. The zero-order valence-corrected chi connectivity index (χ0v) is 14.7. The molecule has 126 valence electrons. The number of halogens is 1. The molecule has 1 N–H and O–H groups in total. The smallest absolute Gasteiger partial charge is 0.263 e. The van der Waals surface area contributed by atoms with Gasteiger partial charge in [-0.1, -0.05) is 35.9 Å². The number of hydrogen-bond donors (Lipinski definition) is 1. The molecule has 4 nitrogen and oxygen atoms in total. The fourth-order valence-corrected chi connectivity index (χ4v) is 4.65. The third-order valence-corrected chi connectivity index (χ3v) is 6.44. The Labute approximate surface area is 153 Å². The Hall–Kier alpha value is -2.24. The average Bonchev–Trinajstić information content (AvgIpc) is 3.12. The van der Waals surface area contributed by atoms with Crippen LogP contribution in [0, 0.1) is 0 Å². The van der Waals surface area contributed by atoms with Crippen molar-refractivity contribution in [3.8, 4) is 11.5 Å². The molecule has 1 saturated carbocycles. The minimum Gasteiger partial charge on any atom is -0.454 e. The molecule has 5 rings (SSSR count). The number of benzene rings is 2. The van der Waals surface area contributed by atoms with Gasteiger partial charge in [-0.25, -0.2) is 0 Å². The highest BCUT2D eigenvalue weighted by Gasteiger charge is 2.46. The van der Waals surface area contributed by atoms with Crippen LogP contribution >= 0.6 is 22.9 Å². The molecule has 6 heteroatoms. The Morgan fingerprint density at radius 2 is 1.92 bits per heavy atom. The van der Waals surface area contributed by atoms with Crippen LogP contribution in [0.1, 0.15) is 28.1 Å². The van der Waals surface area contributed by atoms with Crippen LogP contribution in [-0.2, 0) is 5.54 Å². The van der Waals surface area contributed by atoms with Gasteiger partial charge in [-0.2, -0.15) is 0 Å². The van der Waals surface area contributed by atoms with Crippen LogP contribution in [0.2, 0.25) is 5.02 Å². The summed E-state index contributed by atoms with van der Waals surface area (Å²) in [5.41, 5.74) is 0.708. The van der Waals surface area contributed by atoms with Gasteiger partial charge in [0.15, 0.2) is 11.5 Å². The summed E-state index contributed by atoms with van der Waals surface area (Å²) in [6.07, 6.45) is 1.81. The lowest BCUT2D eigenvalue weighted by Crippen LogP contribution is -2.34. The van der Waals surface area contributed by atoms with E-state index in [9.17, 15) is 4.79 Å². The van der Waals surface area contributed by atoms with Crippen LogP contribution < -0.4 is 14.8 Å². The predicted octanol–water partition coefficient (Wildman–Crippen LogP) is 4.70. The van der Waals surface area contributed by atoms with E-state index in [2.05, 4.69) is 5.32 Å². The van der Waals surface area contributed by atoms with Gasteiger partial charge in [-0.3, -0.25) is 4.79 Å². The molecule has 1 fully saturated rings. The van der Waals surface area contributed by atoms with Gasteiger partial charge in [0.25, 0.3) is 5.91 Å². The van der Waals surface area contributed by atoms with Gasteiger partial charge < -0.3 is 14.8 Å². The van der Waals surface area contributed by atoms with Crippen molar-refractivity contribution in [2.75, 3.05) is 6.79 Å². The highest BCUT2D eigenvalue weighted by Crippen LogP contribution is 2.48. The van der Waals surface area contributed by atoms with Crippen LogP contribution in [-0.4, -0.2) is 12.7 Å². The van der Waals surface area contributed by atoms with E-state index in [0.29, 0.717) is 9.90 Å². The molecular weight excluding hydrogens is 358 g/mol. The fourth-order valence-electron chi connectivity index (χ4n) is 3.24. The van der Waals surface area contributed by atoms with E-state index in [-0.39, 0.29) is 18.2 Å². The predicted molar refractivity (Wildman–Crippen MR) is 97.8 cm³/mol. The second-order valence-corrected chi connectivity index (χ2v) is 7.78. The highest BCUT2D eigenvalue weighted by atomic mass is 35.5. The lowest BCUT2D eigenvalue weighted by Gasteiger charge is -2.18. The SMILES string of the molecule is O=C(NC1(c2ccc3c(c2)OCO3)CC1)c1sc2ccccc2c1Cl. The topological polar surface area (TPSA) is 47.6 Å². The van der Waals surface area contributed by atoms with E-state index in [1.54, 1.807) is 0 Å². The lowest BCUT2D eigenvalue weighted by molar-refractivity contribution is 0.0935. The second kappa shape index (κ2) is 5.38. The van der Waals surface area contributed by atoms with Crippen molar-refractivity contribution in [1.82, 2.24) is 5.32 Å². The first-order valence-corrected chi connectivity index (χ1v) is 9.25. The summed E-state index contributed by atoms with van der Waals surface area (Å²) in [7, 11) is 0. The summed E-state index contributed by atoms with van der Waals surface area (Å²) < 4.78 is 11.8. The van der Waals surface area contributed by atoms with E-state index < -0.39 is 0 Å². The molecule has 2 aliphatic rings. The van der Waals surface area contributed by atoms with Crippen LogP contribution in [0.3, 0.4) is 0 Å². The fraction of sp³-hybridized carbons (Fsp3) is 0.211. The molecule has 2 heterocycles. The van der Waals surface area contributed by atoms with Gasteiger partial charge in [-0.05, 0) is 36.6 Å². The zero-order chi connectivity index (χ0) is 17.0. The van der Waals surface area contributed by atoms with Gasteiger partial charge >= 0.3 is 0 Å². The summed E-state index contributed by atoms with van der Waals surface area (Å²) in [5, 5.41) is 4.63. The summed E-state index contributed by atoms with van der Waals surface area (Å²) in [4.78, 5) is 13.4. The Morgan fingerprint density at radius 1 is 1.12 bits per heavy atom. The maximum Gasteiger partial charge on any atom is 0.263 e. The van der Waals surface area contributed by atoms with Crippen molar-refractivity contribution in [2.24, 2.45) is 0 Å².